The molecule has 8 nitrogen and oxygen atoms in total. The molecule has 1 aromatic carbocycles. The zero-order valence-corrected chi connectivity index (χ0v) is 18.4. The third-order valence-electron chi connectivity index (χ3n) is 5.78. The number of amides is 4. The van der Waals surface area contributed by atoms with Crippen molar-refractivity contribution in [3.63, 3.8) is 0 Å². The van der Waals surface area contributed by atoms with Crippen LogP contribution in [0.4, 0.5) is 10.5 Å². The van der Waals surface area contributed by atoms with Crippen molar-refractivity contribution in [2.45, 2.75) is 38.8 Å². The van der Waals surface area contributed by atoms with Gasteiger partial charge in [0.1, 0.15) is 25.3 Å². The summed E-state index contributed by atoms with van der Waals surface area (Å²) in [5, 5.41) is 4.71. The fraction of sp³-hybridized carbons (Fsp3) is 0.409. The van der Waals surface area contributed by atoms with Crippen molar-refractivity contribution in [2.75, 3.05) is 24.7 Å². The molecule has 2 aromatic rings. The van der Waals surface area contributed by atoms with Gasteiger partial charge in [0.15, 0.2) is 11.5 Å². The number of hydrogen-bond donors (Lipinski definition) is 1. The van der Waals surface area contributed by atoms with Gasteiger partial charge in [-0.05, 0) is 36.4 Å². The number of carbonyl (C=O) groups excluding carboxylic acids is 3. The average Bonchev–Trinajstić information content (AvgIpc) is 3.39. The number of benzene rings is 1. The van der Waals surface area contributed by atoms with Crippen molar-refractivity contribution >= 4 is 34.9 Å². The zero-order valence-electron chi connectivity index (χ0n) is 17.6. The molecular weight excluding hydrogens is 418 g/mol. The average molecular weight is 444 g/mol. The second-order valence-corrected chi connectivity index (χ2v) is 8.53. The third kappa shape index (κ3) is 3.97. The van der Waals surface area contributed by atoms with E-state index in [0.29, 0.717) is 49.8 Å². The highest BCUT2D eigenvalue weighted by molar-refractivity contribution is 7.09. The van der Waals surface area contributed by atoms with E-state index in [2.05, 4.69) is 5.32 Å². The van der Waals surface area contributed by atoms with E-state index >= 15 is 0 Å². The highest BCUT2D eigenvalue weighted by Crippen LogP contribution is 2.35. The van der Waals surface area contributed by atoms with Gasteiger partial charge in [-0.2, -0.15) is 0 Å². The quantitative estimate of drug-likeness (QED) is 0.664. The first-order valence-corrected chi connectivity index (χ1v) is 11.2. The summed E-state index contributed by atoms with van der Waals surface area (Å²) in [7, 11) is 0. The van der Waals surface area contributed by atoms with Crippen molar-refractivity contribution in [3.05, 3.63) is 40.6 Å². The number of ether oxygens (including phenoxy) is 2. The summed E-state index contributed by atoms with van der Waals surface area (Å²) in [6.45, 7) is 4.62. The summed E-state index contributed by atoms with van der Waals surface area (Å²) >= 11 is 1.53. The lowest BCUT2D eigenvalue weighted by Gasteiger charge is -2.27. The summed E-state index contributed by atoms with van der Waals surface area (Å²) in [4.78, 5) is 42.4. The lowest BCUT2D eigenvalue weighted by Crippen LogP contribution is -2.47. The summed E-state index contributed by atoms with van der Waals surface area (Å²) in [6, 6.07) is 8.64. The lowest BCUT2D eigenvalue weighted by atomic mass is 9.93. The largest absolute Gasteiger partial charge is 0.486 e. The van der Waals surface area contributed by atoms with Crippen LogP contribution >= 0.6 is 11.3 Å². The zero-order chi connectivity index (χ0) is 22.0. The molecule has 3 heterocycles. The standard InChI is InChI=1S/C22H25N3O5S/c1-3-22(4-2)20(27)25(21(28)23-22)14-19(26)24(13-16-6-5-11-31-16)15-7-8-17-18(12-15)30-10-9-29-17/h5-8,11-12H,3-4,9-10,13-14H2,1-2H3,(H,23,28). The van der Waals surface area contributed by atoms with Crippen LogP contribution in [0.5, 0.6) is 11.5 Å². The molecule has 0 aliphatic carbocycles. The van der Waals surface area contributed by atoms with Crippen LogP contribution in [0.25, 0.3) is 0 Å². The van der Waals surface area contributed by atoms with Gasteiger partial charge in [0.05, 0.1) is 6.54 Å². The second-order valence-electron chi connectivity index (χ2n) is 7.50. The molecule has 0 bridgehead atoms. The van der Waals surface area contributed by atoms with E-state index in [4.69, 9.17) is 9.47 Å². The van der Waals surface area contributed by atoms with Crippen molar-refractivity contribution in [1.82, 2.24) is 10.2 Å². The summed E-state index contributed by atoms with van der Waals surface area (Å²) in [5.41, 5.74) is -0.320. The van der Waals surface area contributed by atoms with Gasteiger partial charge in [0, 0.05) is 16.6 Å². The Labute approximate surface area is 184 Å². The summed E-state index contributed by atoms with van der Waals surface area (Å²) < 4.78 is 11.2. The highest BCUT2D eigenvalue weighted by atomic mass is 32.1. The van der Waals surface area contributed by atoms with E-state index in [-0.39, 0.29) is 18.4 Å². The number of rotatable bonds is 7. The molecule has 0 unspecified atom stereocenters. The number of imide groups is 1. The van der Waals surface area contributed by atoms with Gasteiger partial charge >= 0.3 is 6.03 Å². The SMILES string of the molecule is CCC1(CC)NC(=O)N(CC(=O)N(Cc2cccs2)c2ccc3c(c2)OCCO3)C1=O. The molecule has 4 amide bonds. The van der Waals surface area contributed by atoms with E-state index in [9.17, 15) is 14.4 Å². The maximum atomic E-state index is 13.4. The monoisotopic (exact) mass is 443 g/mol. The number of carbonyl (C=O) groups is 3. The number of nitrogens with one attached hydrogen (secondary N) is 1. The fourth-order valence-electron chi connectivity index (χ4n) is 3.85. The molecule has 2 aliphatic rings. The molecule has 1 N–H and O–H groups in total. The minimum Gasteiger partial charge on any atom is -0.486 e. The van der Waals surface area contributed by atoms with Crippen molar-refractivity contribution < 1.29 is 23.9 Å². The summed E-state index contributed by atoms with van der Waals surface area (Å²) in [6.07, 6.45) is 0.944. The van der Waals surface area contributed by atoms with Gasteiger partial charge in [-0.1, -0.05) is 19.9 Å². The van der Waals surface area contributed by atoms with Crippen LogP contribution in [0.2, 0.25) is 0 Å². The minimum absolute atomic E-state index is 0.326. The Kier molecular flexibility index (Phi) is 5.86. The predicted octanol–water partition coefficient (Wildman–Crippen LogP) is 3.16. The minimum atomic E-state index is -0.938. The molecule has 9 heteroatoms. The van der Waals surface area contributed by atoms with Crippen LogP contribution in [0, 0.1) is 0 Å². The molecule has 164 valence electrons. The Morgan fingerprint density at radius 2 is 1.90 bits per heavy atom. The first kappa shape index (κ1) is 21.2. The van der Waals surface area contributed by atoms with Gasteiger partial charge in [-0.25, -0.2) is 4.79 Å². The van der Waals surface area contributed by atoms with E-state index in [0.717, 1.165) is 9.78 Å². The molecule has 0 saturated carbocycles. The van der Waals surface area contributed by atoms with Crippen molar-refractivity contribution in [2.24, 2.45) is 0 Å². The van der Waals surface area contributed by atoms with Gasteiger partial charge in [-0.15, -0.1) is 11.3 Å². The number of anilines is 1. The number of urea groups is 1. The summed E-state index contributed by atoms with van der Waals surface area (Å²) in [5.74, 6) is 0.493. The molecule has 2 aliphatic heterocycles. The number of thiophene rings is 1. The van der Waals surface area contributed by atoms with Gasteiger partial charge < -0.3 is 19.7 Å². The topological polar surface area (TPSA) is 88.2 Å². The van der Waals surface area contributed by atoms with Gasteiger partial charge in [0.25, 0.3) is 5.91 Å². The molecule has 4 rings (SSSR count). The lowest BCUT2D eigenvalue weighted by molar-refractivity contribution is -0.134. The Bertz CT molecular complexity index is 987. The van der Waals surface area contributed by atoms with Crippen LogP contribution in [0.3, 0.4) is 0 Å². The second kappa shape index (κ2) is 8.58. The van der Waals surface area contributed by atoms with Crippen molar-refractivity contribution in [3.8, 4) is 11.5 Å². The Morgan fingerprint density at radius 3 is 2.55 bits per heavy atom. The van der Waals surface area contributed by atoms with Crippen molar-refractivity contribution in [1.29, 1.82) is 0 Å². The third-order valence-corrected chi connectivity index (χ3v) is 6.64. The first-order valence-electron chi connectivity index (χ1n) is 10.3. The van der Waals surface area contributed by atoms with Crippen LogP contribution in [0.1, 0.15) is 31.6 Å². The van der Waals surface area contributed by atoms with E-state index < -0.39 is 11.6 Å². The number of hydrogen-bond acceptors (Lipinski definition) is 6. The fourth-order valence-corrected chi connectivity index (χ4v) is 4.54. The van der Waals surface area contributed by atoms with Gasteiger partial charge in [0.2, 0.25) is 5.91 Å². The smallest absolute Gasteiger partial charge is 0.325 e. The Hall–Kier alpha value is -3.07. The van der Waals surface area contributed by atoms with Crippen LogP contribution in [0.15, 0.2) is 35.7 Å². The Morgan fingerprint density at radius 1 is 1.16 bits per heavy atom. The van der Waals surface area contributed by atoms with Gasteiger partial charge in [-0.3, -0.25) is 14.5 Å². The molecule has 1 aromatic heterocycles. The highest BCUT2D eigenvalue weighted by Gasteiger charge is 2.49. The van der Waals surface area contributed by atoms with E-state index in [1.54, 1.807) is 23.1 Å². The van der Waals surface area contributed by atoms with Crippen LogP contribution in [-0.2, 0) is 16.1 Å². The van der Waals surface area contributed by atoms with E-state index in [1.165, 1.54) is 11.3 Å². The predicted molar refractivity (Wildman–Crippen MR) is 116 cm³/mol. The maximum absolute atomic E-state index is 13.4. The molecule has 31 heavy (non-hydrogen) atoms. The normalized spacial score (nSPS) is 16.9. The number of nitrogens with zero attached hydrogens (tertiary/aromatic N) is 2. The van der Waals surface area contributed by atoms with Crippen LogP contribution in [-0.4, -0.2) is 48.0 Å². The molecule has 0 spiro atoms. The number of fused-ring (bicyclic) bond motifs is 1. The molecule has 1 fully saturated rings. The molecular formula is C22H25N3O5S. The first-order chi connectivity index (χ1) is 15.0. The van der Waals surface area contributed by atoms with Crippen LogP contribution < -0.4 is 19.7 Å². The Balaban J connectivity index is 1.61. The van der Waals surface area contributed by atoms with E-state index in [1.807, 2.05) is 31.4 Å². The molecule has 0 radical (unpaired) electrons. The molecule has 0 atom stereocenters. The maximum Gasteiger partial charge on any atom is 0.325 e. The molecule has 1 saturated heterocycles.